The van der Waals surface area contributed by atoms with Crippen molar-refractivity contribution in [1.82, 2.24) is 0 Å². The van der Waals surface area contributed by atoms with Crippen LogP contribution in [0.2, 0.25) is 0 Å². The van der Waals surface area contributed by atoms with Crippen LogP contribution in [-0.2, 0) is 32.1 Å². The number of rotatable bonds is 8. The number of nitrogens with one attached hydrogen (secondary N) is 1. The van der Waals surface area contributed by atoms with Crippen molar-refractivity contribution in [2.45, 2.75) is 50.4 Å². The summed E-state index contributed by atoms with van der Waals surface area (Å²) in [5, 5.41) is 2.55. The standard InChI is InChI=1S/C21H24Cl3NO6/c1-5-30-15(26)9-7-11(2)6-8-13-17(25-20(28)21(22,23)24)16-14(10-31-19(16)27)12(3)18(13)29-4/h6H,5,7-10H2,1-4H3,(H,25,28)/b11-6+. The summed E-state index contributed by atoms with van der Waals surface area (Å²) in [4.78, 5) is 36.4. The van der Waals surface area contributed by atoms with Crippen LogP contribution in [0.15, 0.2) is 11.6 Å². The van der Waals surface area contributed by atoms with Crippen LogP contribution >= 0.6 is 34.8 Å². The molecule has 1 aromatic rings. The Balaban J connectivity index is 2.47. The summed E-state index contributed by atoms with van der Waals surface area (Å²) in [5.74, 6) is -1.27. The van der Waals surface area contributed by atoms with Crippen LogP contribution in [0, 0.1) is 6.92 Å². The van der Waals surface area contributed by atoms with Crippen molar-refractivity contribution in [1.29, 1.82) is 0 Å². The summed E-state index contributed by atoms with van der Waals surface area (Å²) in [7, 11) is 1.49. The van der Waals surface area contributed by atoms with Crippen molar-refractivity contribution in [3.05, 3.63) is 33.9 Å². The van der Waals surface area contributed by atoms with Crippen LogP contribution in [0.3, 0.4) is 0 Å². The van der Waals surface area contributed by atoms with Gasteiger partial charge in [-0.1, -0.05) is 46.5 Å². The molecule has 1 heterocycles. The molecule has 10 heteroatoms. The number of amides is 1. The Morgan fingerprint density at radius 3 is 2.52 bits per heavy atom. The molecule has 0 radical (unpaired) electrons. The molecule has 0 saturated heterocycles. The first-order valence-corrected chi connectivity index (χ1v) is 10.7. The third kappa shape index (κ3) is 6.05. The summed E-state index contributed by atoms with van der Waals surface area (Å²) in [5.41, 5.74) is 3.19. The van der Waals surface area contributed by atoms with E-state index in [4.69, 9.17) is 49.0 Å². The maximum atomic E-state index is 12.4. The number of benzene rings is 1. The quantitative estimate of drug-likeness (QED) is 0.318. The lowest BCUT2D eigenvalue weighted by Crippen LogP contribution is -2.28. The Bertz CT molecular complexity index is 921. The van der Waals surface area contributed by atoms with E-state index < -0.39 is 15.7 Å². The number of hydrogen-bond acceptors (Lipinski definition) is 6. The molecule has 0 atom stereocenters. The van der Waals surface area contributed by atoms with E-state index in [2.05, 4.69) is 5.32 Å². The number of methoxy groups -OCH3 is 1. The van der Waals surface area contributed by atoms with E-state index in [0.717, 1.165) is 11.1 Å². The fourth-order valence-electron chi connectivity index (χ4n) is 3.29. The van der Waals surface area contributed by atoms with Crippen molar-refractivity contribution in [3.63, 3.8) is 0 Å². The first-order valence-electron chi connectivity index (χ1n) is 9.60. The molecule has 31 heavy (non-hydrogen) atoms. The summed E-state index contributed by atoms with van der Waals surface area (Å²) in [6.45, 7) is 5.82. The number of esters is 2. The zero-order valence-electron chi connectivity index (χ0n) is 17.7. The van der Waals surface area contributed by atoms with Crippen LogP contribution < -0.4 is 10.1 Å². The predicted molar refractivity (Wildman–Crippen MR) is 119 cm³/mol. The molecule has 7 nitrogen and oxygen atoms in total. The number of cyclic esters (lactones) is 1. The highest BCUT2D eigenvalue weighted by molar-refractivity contribution is 6.76. The molecule has 0 unspecified atom stereocenters. The van der Waals surface area contributed by atoms with Crippen molar-refractivity contribution >= 4 is 58.3 Å². The van der Waals surface area contributed by atoms with Gasteiger partial charge in [0.05, 0.1) is 25.0 Å². The highest BCUT2D eigenvalue weighted by Crippen LogP contribution is 2.42. The van der Waals surface area contributed by atoms with Gasteiger partial charge in [0.1, 0.15) is 12.4 Å². The molecule has 170 valence electrons. The lowest BCUT2D eigenvalue weighted by molar-refractivity contribution is -0.143. The van der Waals surface area contributed by atoms with E-state index in [9.17, 15) is 14.4 Å². The van der Waals surface area contributed by atoms with Gasteiger partial charge in [-0.05, 0) is 39.2 Å². The van der Waals surface area contributed by atoms with Crippen molar-refractivity contribution in [2.75, 3.05) is 19.0 Å². The van der Waals surface area contributed by atoms with Gasteiger partial charge in [-0.15, -0.1) is 0 Å². The molecule has 1 N–H and O–H groups in total. The molecule has 1 amide bonds. The third-order valence-electron chi connectivity index (χ3n) is 4.86. The fourth-order valence-corrected chi connectivity index (χ4v) is 3.43. The summed E-state index contributed by atoms with van der Waals surface area (Å²) in [6, 6.07) is 0. The molecule has 0 aromatic heterocycles. The Morgan fingerprint density at radius 1 is 1.26 bits per heavy atom. The van der Waals surface area contributed by atoms with Gasteiger partial charge >= 0.3 is 11.9 Å². The molecule has 1 aliphatic rings. The number of allylic oxidation sites excluding steroid dienone is 2. The Morgan fingerprint density at radius 2 is 1.94 bits per heavy atom. The molecular weight excluding hydrogens is 469 g/mol. The van der Waals surface area contributed by atoms with Crippen LogP contribution in [0.4, 0.5) is 5.69 Å². The van der Waals surface area contributed by atoms with Gasteiger partial charge < -0.3 is 19.5 Å². The minimum Gasteiger partial charge on any atom is -0.496 e. The zero-order valence-corrected chi connectivity index (χ0v) is 20.0. The van der Waals surface area contributed by atoms with Crippen LogP contribution in [0.25, 0.3) is 0 Å². The number of hydrogen-bond donors (Lipinski definition) is 1. The van der Waals surface area contributed by atoms with E-state index >= 15 is 0 Å². The maximum Gasteiger partial charge on any atom is 0.341 e. The molecule has 0 aliphatic carbocycles. The summed E-state index contributed by atoms with van der Waals surface area (Å²) >= 11 is 17.2. The Labute approximate surface area is 195 Å². The fraction of sp³-hybridized carbons (Fsp3) is 0.476. The Hall–Kier alpha value is -1.96. The number of ether oxygens (including phenoxy) is 3. The van der Waals surface area contributed by atoms with Crippen molar-refractivity contribution < 1.29 is 28.6 Å². The number of carbonyl (C=O) groups is 3. The molecular formula is C21H24Cl3NO6. The van der Waals surface area contributed by atoms with Crippen molar-refractivity contribution in [2.24, 2.45) is 0 Å². The Kier molecular flexibility index (Phi) is 8.63. The second-order valence-electron chi connectivity index (χ2n) is 6.95. The molecule has 1 aliphatic heterocycles. The average molecular weight is 493 g/mol. The largest absolute Gasteiger partial charge is 0.496 e. The van der Waals surface area contributed by atoms with Gasteiger partial charge in [0.15, 0.2) is 0 Å². The third-order valence-corrected chi connectivity index (χ3v) is 5.37. The predicted octanol–water partition coefficient (Wildman–Crippen LogP) is 4.81. The molecule has 0 bridgehead atoms. The number of alkyl halides is 3. The number of fused-ring (bicyclic) bond motifs is 1. The smallest absolute Gasteiger partial charge is 0.341 e. The first-order chi connectivity index (χ1) is 14.5. The van der Waals surface area contributed by atoms with Crippen LogP contribution in [0.1, 0.15) is 53.7 Å². The highest BCUT2D eigenvalue weighted by Gasteiger charge is 2.36. The second-order valence-corrected chi connectivity index (χ2v) is 9.23. The molecule has 0 saturated carbocycles. The lowest BCUT2D eigenvalue weighted by Gasteiger charge is -2.21. The van der Waals surface area contributed by atoms with Gasteiger partial charge in [-0.3, -0.25) is 9.59 Å². The van der Waals surface area contributed by atoms with E-state index in [0.29, 0.717) is 36.3 Å². The molecule has 0 fully saturated rings. The van der Waals surface area contributed by atoms with E-state index in [1.54, 1.807) is 13.8 Å². The molecule has 1 aromatic carbocycles. The van der Waals surface area contributed by atoms with Gasteiger partial charge in [-0.25, -0.2) is 4.79 Å². The minimum atomic E-state index is -2.23. The van der Waals surface area contributed by atoms with Gasteiger partial charge in [0.25, 0.3) is 9.70 Å². The lowest BCUT2D eigenvalue weighted by atomic mass is 9.93. The minimum absolute atomic E-state index is 0.0572. The van der Waals surface area contributed by atoms with Crippen molar-refractivity contribution in [3.8, 4) is 5.75 Å². The number of halogens is 3. The van der Waals surface area contributed by atoms with E-state index in [1.807, 2.05) is 13.0 Å². The number of carbonyl (C=O) groups excluding carboxylic acids is 3. The van der Waals surface area contributed by atoms with Crippen LogP contribution in [0.5, 0.6) is 5.75 Å². The zero-order chi connectivity index (χ0) is 23.3. The first kappa shape index (κ1) is 25.3. The van der Waals surface area contributed by atoms with Gasteiger partial charge in [0, 0.05) is 17.5 Å². The van der Waals surface area contributed by atoms with Gasteiger partial charge in [0.2, 0.25) is 0 Å². The maximum absolute atomic E-state index is 12.4. The summed E-state index contributed by atoms with van der Waals surface area (Å²) < 4.78 is 13.5. The monoisotopic (exact) mass is 491 g/mol. The van der Waals surface area contributed by atoms with E-state index in [1.165, 1.54) is 7.11 Å². The van der Waals surface area contributed by atoms with E-state index in [-0.39, 0.29) is 30.2 Å². The topological polar surface area (TPSA) is 90.9 Å². The molecule has 2 rings (SSSR count). The molecule has 0 spiro atoms. The average Bonchev–Trinajstić information content (AvgIpc) is 3.08. The SMILES string of the molecule is CCOC(=O)CC/C(C)=C/Cc1c(NC(=O)C(Cl)(Cl)Cl)c2c(c(C)c1OC)COC2=O. The highest BCUT2D eigenvalue weighted by atomic mass is 35.6. The number of anilines is 1. The van der Waals surface area contributed by atoms with Gasteiger partial charge in [-0.2, -0.15) is 0 Å². The second kappa shape index (κ2) is 10.6. The summed E-state index contributed by atoms with van der Waals surface area (Å²) in [6.07, 6.45) is 2.94. The normalized spacial score (nSPS) is 13.5. The van der Waals surface area contributed by atoms with Crippen LogP contribution in [-0.4, -0.2) is 35.4 Å².